The molecule has 1 aliphatic rings. The van der Waals surface area contributed by atoms with Gasteiger partial charge in [0.2, 0.25) is 0 Å². The van der Waals surface area contributed by atoms with E-state index in [9.17, 15) is 0 Å². The first-order chi connectivity index (χ1) is 9.34. The smallest absolute Gasteiger partial charge is 0.0575 e. The first-order valence-electron chi connectivity index (χ1n) is 7.71. The van der Waals surface area contributed by atoms with Gasteiger partial charge in [0.1, 0.15) is 0 Å². The minimum atomic E-state index is 0.533. The minimum absolute atomic E-state index is 0.533. The van der Waals surface area contributed by atoms with E-state index in [1.807, 2.05) is 0 Å². The highest BCUT2D eigenvalue weighted by molar-refractivity contribution is 5.14. The monoisotopic (exact) mass is 261 g/mol. The number of benzene rings is 1. The molecular formula is C17H27NO. The van der Waals surface area contributed by atoms with Gasteiger partial charge in [-0.15, -0.1) is 0 Å². The average molecular weight is 261 g/mol. The molecule has 1 aliphatic carbocycles. The van der Waals surface area contributed by atoms with Crippen LogP contribution in [0.25, 0.3) is 0 Å². The van der Waals surface area contributed by atoms with Crippen LogP contribution in [0.15, 0.2) is 30.3 Å². The highest BCUT2D eigenvalue weighted by Crippen LogP contribution is 2.25. The van der Waals surface area contributed by atoms with Crippen LogP contribution in [0, 0.1) is 5.92 Å². The molecule has 2 rings (SSSR count). The third-order valence-corrected chi connectivity index (χ3v) is 3.99. The summed E-state index contributed by atoms with van der Waals surface area (Å²) >= 11 is 0. The van der Waals surface area contributed by atoms with Gasteiger partial charge < -0.3 is 10.1 Å². The van der Waals surface area contributed by atoms with Crippen LogP contribution in [0.2, 0.25) is 0 Å². The molecule has 0 atom stereocenters. The van der Waals surface area contributed by atoms with E-state index in [0.717, 1.165) is 32.0 Å². The van der Waals surface area contributed by atoms with Crippen LogP contribution < -0.4 is 5.32 Å². The van der Waals surface area contributed by atoms with Crippen molar-refractivity contribution in [2.45, 2.75) is 51.7 Å². The van der Waals surface area contributed by atoms with Gasteiger partial charge in [0.25, 0.3) is 0 Å². The van der Waals surface area contributed by atoms with Crippen molar-refractivity contribution < 1.29 is 4.74 Å². The molecule has 0 amide bonds. The third kappa shape index (κ3) is 5.75. The van der Waals surface area contributed by atoms with Crippen molar-refractivity contribution in [3.8, 4) is 0 Å². The molecule has 1 N–H and O–H groups in total. The van der Waals surface area contributed by atoms with Crippen molar-refractivity contribution in [2.75, 3.05) is 13.2 Å². The van der Waals surface area contributed by atoms with Crippen LogP contribution >= 0.6 is 0 Å². The van der Waals surface area contributed by atoms with E-state index in [4.69, 9.17) is 4.74 Å². The summed E-state index contributed by atoms with van der Waals surface area (Å²) in [6.07, 6.45) is 6.86. The molecule has 0 spiro atoms. The maximum absolute atomic E-state index is 5.94. The molecule has 0 aliphatic heterocycles. The summed E-state index contributed by atoms with van der Waals surface area (Å²) in [7, 11) is 0. The van der Waals surface area contributed by atoms with Gasteiger partial charge in [0.05, 0.1) is 6.10 Å². The van der Waals surface area contributed by atoms with E-state index in [0.29, 0.717) is 6.10 Å². The summed E-state index contributed by atoms with van der Waals surface area (Å²) < 4.78 is 5.94. The fourth-order valence-electron chi connectivity index (χ4n) is 2.67. The fraction of sp³-hybridized carbons (Fsp3) is 0.647. The zero-order valence-electron chi connectivity index (χ0n) is 12.1. The Morgan fingerprint density at radius 1 is 1.11 bits per heavy atom. The average Bonchev–Trinajstić information content (AvgIpc) is 2.46. The number of hydrogen-bond acceptors (Lipinski definition) is 2. The van der Waals surface area contributed by atoms with E-state index in [2.05, 4.69) is 42.6 Å². The maximum atomic E-state index is 5.94. The summed E-state index contributed by atoms with van der Waals surface area (Å²) in [6.45, 7) is 5.25. The molecule has 2 nitrogen and oxygen atoms in total. The molecule has 0 radical (unpaired) electrons. The Morgan fingerprint density at radius 2 is 1.84 bits per heavy atom. The van der Waals surface area contributed by atoms with E-state index >= 15 is 0 Å². The predicted octanol–water partition coefficient (Wildman–Crippen LogP) is 3.76. The molecular weight excluding hydrogens is 234 g/mol. The zero-order valence-corrected chi connectivity index (χ0v) is 12.1. The number of rotatable bonds is 7. The molecule has 19 heavy (non-hydrogen) atoms. The SMILES string of the molecule is CC1CCC(OCCCNCc2ccccc2)CC1. The second-order valence-corrected chi connectivity index (χ2v) is 5.77. The van der Waals surface area contributed by atoms with Crippen LogP contribution in [-0.2, 0) is 11.3 Å². The second kappa shape index (κ2) is 8.34. The van der Waals surface area contributed by atoms with Crippen molar-refractivity contribution >= 4 is 0 Å². The fourth-order valence-corrected chi connectivity index (χ4v) is 2.67. The topological polar surface area (TPSA) is 21.3 Å². The van der Waals surface area contributed by atoms with Gasteiger partial charge in [-0.05, 0) is 50.1 Å². The first kappa shape index (κ1) is 14.5. The summed E-state index contributed by atoms with van der Waals surface area (Å²) in [5, 5.41) is 3.47. The van der Waals surface area contributed by atoms with Crippen molar-refractivity contribution in [1.29, 1.82) is 0 Å². The lowest BCUT2D eigenvalue weighted by Gasteiger charge is -2.26. The molecule has 0 bridgehead atoms. The Balaban J connectivity index is 1.46. The van der Waals surface area contributed by atoms with Gasteiger partial charge in [-0.1, -0.05) is 37.3 Å². The molecule has 1 fully saturated rings. The van der Waals surface area contributed by atoms with Gasteiger partial charge in [0.15, 0.2) is 0 Å². The van der Waals surface area contributed by atoms with Crippen molar-refractivity contribution in [2.24, 2.45) is 5.92 Å². The molecule has 1 aromatic carbocycles. The van der Waals surface area contributed by atoms with Gasteiger partial charge in [-0.2, -0.15) is 0 Å². The first-order valence-corrected chi connectivity index (χ1v) is 7.71. The highest BCUT2D eigenvalue weighted by atomic mass is 16.5. The summed E-state index contributed by atoms with van der Waals surface area (Å²) in [5.41, 5.74) is 1.35. The van der Waals surface area contributed by atoms with Crippen molar-refractivity contribution in [3.05, 3.63) is 35.9 Å². The zero-order chi connectivity index (χ0) is 13.3. The van der Waals surface area contributed by atoms with Gasteiger partial charge >= 0.3 is 0 Å². The quantitative estimate of drug-likeness (QED) is 0.755. The van der Waals surface area contributed by atoms with E-state index < -0.39 is 0 Å². The Bertz CT molecular complexity index is 330. The largest absolute Gasteiger partial charge is 0.378 e. The summed E-state index contributed by atoms with van der Waals surface area (Å²) in [4.78, 5) is 0. The van der Waals surface area contributed by atoms with E-state index in [1.165, 1.54) is 31.2 Å². The third-order valence-electron chi connectivity index (χ3n) is 3.99. The van der Waals surface area contributed by atoms with Gasteiger partial charge in [-0.3, -0.25) is 0 Å². The molecule has 0 heterocycles. The molecule has 1 saturated carbocycles. The van der Waals surface area contributed by atoms with Crippen LogP contribution in [0.1, 0.15) is 44.6 Å². The van der Waals surface area contributed by atoms with E-state index in [-0.39, 0.29) is 0 Å². The van der Waals surface area contributed by atoms with Crippen molar-refractivity contribution in [1.82, 2.24) is 5.32 Å². The molecule has 0 aromatic heterocycles. The molecule has 0 unspecified atom stereocenters. The predicted molar refractivity (Wildman–Crippen MR) is 80.1 cm³/mol. The molecule has 2 heteroatoms. The normalized spacial score (nSPS) is 23.4. The van der Waals surface area contributed by atoms with E-state index in [1.54, 1.807) is 0 Å². The summed E-state index contributed by atoms with van der Waals surface area (Å²) in [6, 6.07) is 10.6. The lowest BCUT2D eigenvalue weighted by molar-refractivity contribution is 0.0188. The second-order valence-electron chi connectivity index (χ2n) is 5.77. The van der Waals surface area contributed by atoms with Gasteiger partial charge in [-0.25, -0.2) is 0 Å². The number of hydrogen-bond donors (Lipinski definition) is 1. The lowest BCUT2D eigenvalue weighted by Crippen LogP contribution is -2.22. The van der Waals surface area contributed by atoms with Crippen LogP contribution in [0.5, 0.6) is 0 Å². The Kier molecular flexibility index (Phi) is 6.38. The van der Waals surface area contributed by atoms with Gasteiger partial charge in [0, 0.05) is 13.2 Å². The highest BCUT2D eigenvalue weighted by Gasteiger charge is 2.17. The lowest BCUT2D eigenvalue weighted by atomic mass is 9.89. The number of nitrogens with one attached hydrogen (secondary N) is 1. The number of ether oxygens (including phenoxy) is 1. The minimum Gasteiger partial charge on any atom is -0.378 e. The maximum Gasteiger partial charge on any atom is 0.0575 e. The standard InChI is InChI=1S/C17H27NO/c1-15-8-10-17(11-9-15)19-13-5-12-18-14-16-6-3-2-4-7-16/h2-4,6-7,15,17-18H,5,8-14H2,1H3. The Morgan fingerprint density at radius 3 is 2.58 bits per heavy atom. The Hall–Kier alpha value is -0.860. The molecule has 106 valence electrons. The Labute approximate surface area is 117 Å². The molecule has 0 saturated heterocycles. The van der Waals surface area contributed by atoms with Crippen LogP contribution in [0.3, 0.4) is 0 Å². The van der Waals surface area contributed by atoms with Crippen LogP contribution in [0.4, 0.5) is 0 Å². The summed E-state index contributed by atoms with van der Waals surface area (Å²) in [5.74, 6) is 0.910. The van der Waals surface area contributed by atoms with Crippen molar-refractivity contribution in [3.63, 3.8) is 0 Å². The van der Waals surface area contributed by atoms with Crippen LogP contribution in [-0.4, -0.2) is 19.3 Å². The molecule has 1 aromatic rings.